The average Bonchev–Trinajstić information content (AvgIpc) is 2.96. The molecule has 12 nitrogen and oxygen atoms in total. The Morgan fingerprint density at radius 3 is 2.33 bits per heavy atom. The van der Waals surface area contributed by atoms with Crippen molar-refractivity contribution in [2.45, 2.75) is 19.9 Å². The fourth-order valence-corrected chi connectivity index (χ4v) is 4.46. The standard InChI is InChI=1S/C28H29N5O7/c1-18-17-31(13-14-32(18)26(34)21-9-11-22(12-10-21)33(37)38)27(35)24-23(28(36)40-16-15-39-3)19(2)29-25(30-24)20-7-5-4-6-8-20/h4-12,18H,13-17H2,1-3H3. The van der Waals surface area contributed by atoms with Gasteiger partial charge in [-0.1, -0.05) is 30.3 Å². The molecule has 2 aromatic carbocycles. The summed E-state index contributed by atoms with van der Waals surface area (Å²) >= 11 is 0. The van der Waals surface area contributed by atoms with Gasteiger partial charge in [-0.05, 0) is 26.0 Å². The highest BCUT2D eigenvalue weighted by Crippen LogP contribution is 2.23. The second-order valence-corrected chi connectivity index (χ2v) is 9.25. The van der Waals surface area contributed by atoms with Gasteiger partial charge in [0.1, 0.15) is 17.9 Å². The molecule has 0 saturated carbocycles. The molecular weight excluding hydrogens is 518 g/mol. The van der Waals surface area contributed by atoms with E-state index in [0.717, 1.165) is 0 Å². The first kappa shape index (κ1) is 28.3. The molecule has 2 heterocycles. The van der Waals surface area contributed by atoms with Crippen LogP contribution in [0.3, 0.4) is 0 Å². The Morgan fingerprint density at radius 1 is 1.00 bits per heavy atom. The summed E-state index contributed by atoms with van der Waals surface area (Å²) in [5.41, 5.74) is 1.11. The fourth-order valence-electron chi connectivity index (χ4n) is 4.46. The van der Waals surface area contributed by atoms with E-state index in [1.807, 2.05) is 37.3 Å². The highest BCUT2D eigenvalue weighted by molar-refractivity contribution is 6.05. The number of aromatic nitrogens is 2. The fraction of sp³-hybridized carbons (Fsp3) is 0.321. The molecule has 1 fully saturated rings. The van der Waals surface area contributed by atoms with Crippen molar-refractivity contribution >= 4 is 23.5 Å². The lowest BCUT2D eigenvalue weighted by atomic mass is 10.1. The number of piperazine rings is 1. The van der Waals surface area contributed by atoms with Gasteiger partial charge in [0.15, 0.2) is 5.82 Å². The zero-order valence-corrected chi connectivity index (χ0v) is 22.4. The third-order valence-electron chi connectivity index (χ3n) is 6.55. The number of nitro benzene ring substituents is 1. The van der Waals surface area contributed by atoms with E-state index < -0.39 is 16.8 Å². The molecule has 0 bridgehead atoms. The maximum absolute atomic E-state index is 13.8. The second kappa shape index (κ2) is 12.4. The van der Waals surface area contributed by atoms with Gasteiger partial charge in [-0.2, -0.15) is 0 Å². The Kier molecular flexibility index (Phi) is 8.80. The molecule has 0 N–H and O–H groups in total. The van der Waals surface area contributed by atoms with Gasteiger partial charge in [0, 0.05) is 56.0 Å². The topological polar surface area (TPSA) is 145 Å². The average molecular weight is 548 g/mol. The number of amides is 2. The lowest BCUT2D eigenvalue weighted by molar-refractivity contribution is -0.384. The van der Waals surface area contributed by atoms with Gasteiger partial charge in [-0.15, -0.1) is 0 Å². The van der Waals surface area contributed by atoms with Crippen LogP contribution >= 0.6 is 0 Å². The van der Waals surface area contributed by atoms with Crippen molar-refractivity contribution < 1.29 is 28.8 Å². The summed E-state index contributed by atoms with van der Waals surface area (Å²) in [7, 11) is 1.49. The zero-order valence-electron chi connectivity index (χ0n) is 22.4. The molecule has 0 radical (unpaired) electrons. The highest BCUT2D eigenvalue weighted by Gasteiger charge is 2.34. The van der Waals surface area contributed by atoms with Gasteiger partial charge in [0.2, 0.25) is 0 Å². The molecule has 208 valence electrons. The molecule has 1 aromatic heterocycles. The first-order chi connectivity index (χ1) is 19.2. The lowest BCUT2D eigenvalue weighted by Crippen LogP contribution is -2.55. The number of rotatable bonds is 8. The molecule has 12 heteroatoms. The minimum absolute atomic E-state index is 0.00328. The Hall–Kier alpha value is -4.71. The maximum atomic E-state index is 13.8. The number of esters is 1. The molecule has 2 amide bonds. The number of methoxy groups -OCH3 is 1. The maximum Gasteiger partial charge on any atom is 0.342 e. The molecule has 1 aliphatic heterocycles. The summed E-state index contributed by atoms with van der Waals surface area (Å²) < 4.78 is 10.3. The van der Waals surface area contributed by atoms with Crippen LogP contribution in [0.15, 0.2) is 54.6 Å². The number of hydrogen-bond acceptors (Lipinski definition) is 9. The van der Waals surface area contributed by atoms with Gasteiger partial charge in [-0.25, -0.2) is 14.8 Å². The first-order valence-electron chi connectivity index (χ1n) is 12.7. The Labute approximate surface area is 230 Å². The largest absolute Gasteiger partial charge is 0.460 e. The van der Waals surface area contributed by atoms with Crippen LogP contribution in [0.2, 0.25) is 0 Å². The van der Waals surface area contributed by atoms with Crippen LogP contribution in [0.25, 0.3) is 11.4 Å². The molecular formula is C28H29N5O7. The van der Waals surface area contributed by atoms with E-state index >= 15 is 0 Å². The lowest BCUT2D eigenvalue weighted by Gasteiger charge is -2.40. The van der Waals surface area contributed by atoms with Gasteiger partial charge in [0.05, 0.1) is 17.2 Å². The summed E-state index contributed by atoms with van der Waals surface area (Å²) in [5, 5.41) is 10.9. The van der Waals surface area contributed by atoms with Crippen molar-refractivity contribution in [1.29, 1.82) is 0 Å². The van der Waals surface area contributed by atoms with Crippen LogP contribution in [-0.4, -0.2) is 88.5 Å². The number of ether oxygens (including phenoxy) is 2. The number of benzene rings is 2. The SMILES string of the molecule is COCCOC(=O)c1c(C)nc(-c2ccccc2)nc1C(=O)N1CCN(C(=O)c2ccc([N+](=O)[O-])cc2)C(C)C1. The molecule has 40 heavy (non-hydrogen) atoms. The van der Waals surface area contributed by atoms with Crippen LogP contribution in [0, 0.1) is 17.0 Å². The van der Waals surface area contributed by atoms with Crippen LogP contribution in [0.5, 0.6) is 0 Å². The van der Waals surface area contributed by atoms with Crippen LogP contribution in [0.1, 0.15) is 43.8 Å². The van der Waals surface area contributed by atoms with Crippen molar-refractivity contribution in [2.24, 2.45) is 0 Å². The first-order valence-corrected chi connectivity index (χ1v) is 12.7. The van der Waals surface area contributed by atoms with Crippen LogP contribution in [0.4, 0.5) is 5.69 Å². The van der Waals surface area contributed by atoms with Gasteiger partial charge < -0.3 is 19.3 Å². The van der Waals surface area contributed by atoms with Crippen molar-refractivity contribution in [3.8, 4) is 11.4 Å². The normalized spacial score (nSPS) is 15.0. The number of aryl methyl sites for hydroxylation is 1. The van der Waals surface area contributed by atoms with Gasteiger partial charge in [-0.3, -0.25) is 19.7 Å². The van der Waals surface area contributed by atoms with Crippen molar-refractivity contribution in [1.82, 2.24) is 19.8 Å². The number of hydrogen-bond donors (Lipinski definition) is 0. The Morgan fingerprint density at radius 2 is 1.70 bits per heavy atom. The summed E-state index contributed by atoms with van der Waals surface area (Å²) in [6.45, 7) is 4.25. The minimum Gasteiger partial charge on any atom is -0.460 e. The highest BCUT2D eigenvalue weighted by atomic mass is 16.6. The van der Waals surface area contributed by atoms with Crippen molar-refractivity contribution in [3.05, 3.63) is 87.2 Å². The molecule has 1 unspecified atom stereocenters. The molecule has 1 saturated heterocycles. The summed E-state index contributed by atoms with van der Waals surface area (Å²) in [4.78, 5) is 62.5. The smallest absolute Gasteiger partial charge is 0.342 e. The summed E-state index contributed by atoms with van der Waals surface area (Å²) in [5.74, 6) is -1.19. The quantitative estimate of drug-likeness (QED) is 0.180. The molecule has 0 spiro atoms. The number of non-ortho nitro benzene ring substituents is 1. The Balaban J connectivity index is 1.59. The van der Waals surface area contributed by atoms with Gasteiger partial charge >= 0.3 is 5.97 Å². The second-order valence-electron chi connectivity index (χ2n) is 9.25. The van der Waals surface area contributed by atoms with E-state index in [9.17, 15) is 24.5 Å². The number of carbonyl (C=O) groups excluding carboxylic acids is 3. The van der Waals surface area contributed by atoms with Gasteiger partial charge in [0.25, 0.3) is 17.5 Å². The van der Waals surface area contributed by atoms with E-state index in [0.29, 0.717) is 22.6 Å². The third-order valence-corrected chi connectivity index (χ3v) is 6.55. The van der Waals surface area contributed by atoms with E-state index in [1.165, 1.54) is 31.4 Å². The number of carbonyl (C=O) groups is 3. The van der Waals surface area contributed by atoms with E-state index in [1.54, 1.807) is 16.7 Å². The van der Waals surface area contributed by atoms with Crippen molar-refractivity contribution in [3.63, 3.8) is 0 Å². The van der Waals surface area contributed by atoms with E-state index in [-0.39, 0.29) is 61.7 Å². The Bertz CT molecular complexity index is 1410. The third kappa shape index (κ3) is 6.12. The van der Waals surface area contributed by atoms with Crippen LogP contribution in [-0.2, 0) is 9.47 Å². The van der Waals surface area contributed by atoms with E-state index in [4.69, 9.17) is 9.47 Å². The summed E-state index contributed by atoms with van der Waals surface area (Å²) in [6, 6.07) is 14.2. The molecule has 1 atom stereocenters. The van der Waals surface area contributed by atoms with Crippen LogP contribution < -0.4 is 0 Å². The minimum atomic E-state index is -0.724. The predicted octanol–water partition coefficient (Wildman–Crippen LogP) is 3.15. The molecule has 1 aliphatic rings. The number of nitrogens with zero attached hydrogens (tertiary/aromatic N) is 5. The number of nitro groups is 1. The zero-order chi connectivity index (χ0) is 28.8. The monoisotopic (exact) mass is 547 g/mol. The molecule has 4 rings (SSSR count). The summed E-state index contributed by atoms with van der Waals surface area (Å²) in [6.07, 6.45) is 0. The van der Waals surface area contributed by atoms with E-state index in [2.05, 4.69) is 9.97 Å². The predicted molar refractivity (Wildman–Crippen MR) is 144 cm³/mol. The van der Waals surface area contributed by atoms with Crippen molar-refractivity contribution in [2.75, 3.05) is 40.0 Å². The molecule has 3 aromatic rings. The molecule has 0 aliphatic carbocycles.